The molecule has 0 saturated carbocycles. The largest absolute Gasteiger partial charge is 0.497 e. The first-order valence-electron chi connectivity index (χ1n) is 6.49. The lowest BCUT2D eigenvalue weighted by atomic mass is 9.98. The maximum absolute atomic E-state index is 12.5. The number of benzene rings is 2. The number of Topliss-reactive ketones (excluding diaryl/α,β-unsaturated/α-hetero) is 1. The average Bonchev–Trinajstić information content (AvgIpc) is 2.52. The Morgan fingerprint density at radius 3 is 2.67 bits per heavy atom. The van der Waals surface area contributed by atoms with Crippen LogP contribution in [0.3, 0.4) is 0 Å². The maximum atomic E-state index is 12.5. The molecule has 0 bridgehead atoms. The smallest absolute Gasteiger partial charge is 0.196 e. The second-order valence-corrected chi connectivity index (χ2v) is 5.14. The first-order valence-corrected chi connectivity index (χ1v) is 6.87. The minimum Gasteiger partial charge on any atom is -0.497 e. The van der Waals surface area contributed by atoms with Gasteiger partial charge in [-0.3, -0.25) is 4.79 Å². The number of methoxy groups -OCH3 is 1. The molecule has 1 heterocycles. The van der Waals surface area contributed by atoms with Crippen LogP contribution in [0.25, 0.3) is 6.08 Å². The van der Waals surface area contributed by atoms with Crippen molar-refractivity contribution in [3.63, 3.8) is 0 Å². The molecule has 0 saturated heterocycles. The molecule has 2 aromatic rings. The number of ether oxygens (including phenoxy) is 2. The third-order valence-electron chi connectivity index (χ3n) is 3.32. The van der Waals surface area contributed by atoms with E-state index in [9.17, 15) is 4.79 Å². The van der Waals surface area contributed by atoms with Crippen molar-refractivity contribution in [2.24, 2.45) is 0 Å². The van der Waals surface area contributed by atoms with Crippen molar-refractivity contribution < 1.29 is 14.3 Å². The molecule has 0 spiro atoms. The van der Waals surface area contributed by atoms with Gasteiger partial charge >= 0.3 is 0 Å². The average molecular weight is 301 g/mol. The van der Waals surface area contributed by atoms with Crippen LogP contribution in [-0.4, -0.2) is 19.5 Å². The van der Waals surface area contributed by atoms with Crippen LogP contribution in [0.4, 0.5) is 0 Å². The molecule has 0 unspecified atom stereocenters. The fourth-order valence-electron chi connectivity index (χ4n) is 2.20. The maximum Gasteiger partial charge on any atom is 0.196 e. The lowest BCUT2D eigenvalue weighted by Gasteiger charge is -2.19. The van der Waals surface area contributed by atoms with Gasteiger partial charge in [-0.2, -0.15) is 0 Å². The standard InChI is InChI=1S/C17H13ClO3/c1-20-14-6-7-16-15(9-14)17(19)12(10-21-16)8-11-2-4-13(18)5-3-11/h2-9H,10H2,1H3/b12-8+. The molecule has 0 atom stereocenters. The van der Waals surface area contributed by atoms with Crippen molar-refractivity contribution >= 4 is 23.5 Å². The lowest BCUT2D eigenvalue weighted by molar-refractivity contribution is 0.100. The number of ketones is 1. The molecular formula is C17H13ClO3. The van der Waals surface area contributed by atoms with E-state index >= 15 is 0 Å². The highest BCUT2D eigenvalue weighted by atomic mass is 35.5. The van der Waals surface area contributed by atoms with Gasteiger partial charge in [0.25, 0.3) is 0 Å². The van der Waals surface area contributed by atoms with Crippen LogP contribution < -0.4 is 9.47 Å². The predicted octanol–water partition coefficient (Wildman–Crippen LogP) is 4.01. The highest BCUT2D eigenvalue weighted by Gasteiger charge is 2.23. The molecule has 0 radical (unpaired) electrons. The van der Waals surface area contributed by atoms with Crippen LogP contribution in [-0.2, 0) is 0 Å². The molecular weight excluding hydrogens is 288 g/mol. The van der Waals surface area contributed by atoms with Gasteiger partial charge in [0.2, 0.25) is 0 Å². The van der Waals surface area contributed by atoms with Crippen LogP contribution in [0.15, 0.2) is 48.0 Å². The van der Waals surface area contributed by atoms with E-state index in [1.165, 1.54) is 0 Å². The Bertz CT molecular complexity index is 717. The van der Waals surface area contributed by atoms with Gasteiger partial charge < -0.3 is 9.47 Å². The van der Waals surface area contributed by atoms with Crippen molar-refractivity contribution in [2.75, 3.05) is 13.7 Å². The van der Waals surface area contributed by atoms with Crippen molar-refractivity contribution in [2.45, 2.75) is 0 Å². The number of fused-ring (bicyclic) bond motifs is 1. The summed E-state index contributed by atoms with van der Waals surface area (Å²) in [6.45, 7) is 0.265. The monoisotopic (exact) mass is 300 g/mol. The van der Waals surface area contributed by atoms with Gasteiger partial charge in [-0.25, -0.2) is 0 Å². The fraction of sp³-hybridized carbons (Fsp3) is 0.118. The Labute approximate surface area is 127 Å². The number of hydrogen-bond donors (Lipinski definition) is 0. The number of hydrogen-bond acceptors (Lipinski definition) is 3. The third kappa shape index (κ3) is 2.78. The van der Waals surface area contributed by atoms with Crippen LogP contribution in [0.2, 0.25) is 5.02 Å². The van der Waals surface area contributed by atoms with Gasteiger partial charge in [0, 0.05) is 10.6 Å². The number of rotatable bonds is 2. The zero-order valence-electron chi connectivity index (χ0n) is 11.4. The Morgan fingerprint density at radius 1 is 1.19 bits per heavy atom. The molecule has 0 N–H and O–H groups in total. The van der Waals surface area contributed by atoms with Gasteiger partial charge in [0.15, 0.2) is 5.78 Å². The molecule has 2 aromatic carbocycles. The second kappa shape index (κ2) is 5.62. The molecule has 21 heavy (non-hydrogen) atoms. The van der Waals surface area contributed by atoms with Gasteiger partial charge in [0.05, 0.1) is 12.7 Å². The van der Waals surface area contributed by atoms with Crippen molar-refractivity contribution in [3.8, 4) is 11.5 Å². The van der Waals surface area contributed by atoms with Crippen molar-refractivity contribution in [1.29, 1.82) is 0 Å². The molecule has 0 amide bonds. The van der Waals surface area contributed by atoms with E-state index < -0.39 is 0 Å². The quantitative estimate of drug-likeness (QED) is 0.786. The van der Waals surface area contributed by atoms with Crippen molar-refractivity contribution in [1.82, 2.24) is 0 Å². The van der Waals surface area contributed by atoms with Crippen molar-refractivity contribution in [3.05, 3.63) is 64.2 Å². The summed E-state index contributed by atoms with van der Waals surface area (Å²) >= 11 is 5.86. The number of halogens is 1. The van der Waals surface area contributed by atoms with E-state index in [0.29, 0.717) is 27.7 Å². The van der Waals surface area contributed by atoms with Gasteiger partial charge in [-0.05, 0) is 42.0 Å². The molecule has 0 fully saturated rings. The highest BCUT2D eigenvalue weighted by Crippen LogP contribution is 2.31. The van der Waals surface area contributed by atoms with Gasteiger partial charge in [0.1, 0.15) is 18.1 Å². The van der Waals surface area contributed by atoms with Crippen LogP contribution in [0, 0.1) is 0 Å². The summed E-state index contributed by atoms with van der Waals surface area (Å²) in [6.07, 6.45) is 1.82. The van der Waals surface area contributed by atoms with E-state index in [1.807, 2.05) is 18.2 Å². The minimum atomic E-state index is -0.0369. The first kappa shape index (κ1) is 13.7. The molecule has 4 heteroatoms. The van der Waals surface area contributed by atoms with E-state index in [1.54, 1.807) is 37.4 Å². The topological polar surface area (TPSA) is 35.5 Å². The van der Waals surface area contributed by atoms with E-state index in [4.69, 9.17) is 21.1 Å². The minimum absolute atomic E-state index is 0.0369. The summed E-state index contributed by atoms with van der Waals surface area (Å²) in [5.41, 5.74) is 2.05. The third-order valence-corrected chi connectivity index (χ3v) is 3.57. The molecule has 1 aliphatic heterocycles. The lowest BCUT2D eigenvalue weighted by Crippen LogP contribution is -2.19. The summed E-state index contributed by atoms with van der Waals surface area (Å²) in [5.74, 6) is 1.19. The van der Waals surface area contributed by atoms with E-state index in [-0.39, 0.29) is 12.4 Å². The SMILES string of the molecule is COc1ccc2c(c1)C(=O)/C(=C/c1ccc(Cl)cc1)CO2. The number of carbonyl (C=O) groups is 1. The van der Waals surface area contributed by atoms with Crippen LogP contribution in [0.1, 0.15) is 15.9 Å². The fourth-order valence-corrected chi connectivity index (χ4v) is 2.33. The zero-order chi connectivity index (χ0) is 14.8. The Kier molecular flexibility index (Phi) is 3.67. The summed E-state index contributed by atoms with van der Waals surface area (Å²) in [7, 11) is 1.57. The first-order chi connectivity index (χ1) is 10.2. The Morgan fingerprint density at radius 2 is 1.95 bits per heavy atom. The normalized spacial score (nSPS) is 15.5. The summed E-state index contributed by atoms with van der Waals surface area (Å²) in [5, 5.41) is 0.665. The molecule has 3 rings (SSSR count). The zero-order valence-corrected chi connectivity index (χ0v) is 12.2. The molecule has 0 aromatic heterocycles. The van der Waals surface area contributed by atoms with Crippen LogP contribution >= 0.6 is 11.6 Å². The predicted molar refractivity (Wildman–Crippen MR) is 82.2 cm³/mol. The summed E-state index contributed by atoms with van der Waals surface area (Å²) in [6, 6.07) is 12.5. The van der Waals surface area contributed by atoms with Gasteiger partial charge in [-0.15, -0.1) is 0 Å². The summed E-state index contributed by atoms with van der Waals surface area (Å²) < 4.78 is 10.8. The molecule has 1 aliphatic rings. The second-order valence-electron chi connectivity index (χ2n) is 4.70. The Balaban J connectivity index is 1.96. The highest BCUT2D eigenvalue weighted by molar-refractivity contribution is 6.30. The molecule has 0 aliphatic carbocycles. The van der Waals surface area contributed by atoms with E-state index in [2.05, 4.69) is 0 Å². The van der Waals surface area contributed by atoms with E-state index in [0.717, 1.165) is 5.56 Å². The summed E-state index contributed by atoms with van der Waals surface area (Å²) in [4.78, 5) is 12.5. The Hall–Kier alpha value is -2.26. The molecule has 106 valence electrons. The number of carbonyl (C=O) groups excluding carboxylic acids is 1. The molecule has 3 nitrogen and oxygen atoms in total. The van der Waals surface area contributed by atoms with Crippen LogP contribution in [0.5, 0.6) is 11.5 Å². The van der Waals surface area contributed by atoms with Gasteiger partial charge in [-0.1, -0.05) is 23.7 Å².